The molecule has 1 amide bonds. The maximum atomic E-state index is 12.3. The largest absolute Gasteiger partial charge is 0.487 e. The van der Waals surface area contributed by atoms with Crippen molar-refractivity contribution in [1.82, 2.24) is 14.8 Å². The lowest BCUT2D eigenvalue weighted by Gasteiger charge is -2.40. The molecular weight excluding hydrogens is 388 g/mol. The molecule has 0 bridgehead atoms. The Kier molecular flexibility index (Phi) is 6.92. The number of rotatable bonds is 8. The highest BCUT2D eigenvalue weighted by Gasteiger charge is 2.31. The second-order valence-electron chi connectivity index (χ2n) is 7.83. The first kappa shape index (κ1) is 21.0. The summed E-state index contributed by atoms with van der Waals surface area (Å²) in [6.45, 7) is 4.13. The van der Waals surface area contributed by atoms with Gasteiger partial charge in [-0.15, -0.1) is 0 Å². The van der Waals surface area contributed by atoms with Gasteiger partial charge in [-0.05, 0) is 23.8 Å². The monoisotopic (exact) mass is 416 g/mol. The first-order valence-electron chi connectivity index (χ1n) is 10.6. The quantitative estimate of drug-likeness (QED) is 0.611. The number of hydrogen-bond donors (Lipinski definition) is 1. The number of nitrogens with zero attached hydrogens (tertiary/aromatic N) is 3. The number of ether oxygens (including phenoxy) is 1. The topological polar surface area (TPSA) is 71.7 Å². The average Bonchev–Trinajstić information content (AvgIpc) is 2.81. The van der Waals surface area contributed by atoms with E-state index in [0.29, 0.717) is 19.7 Å². The van der Waals surface area contributed by atoms with Crippen LogP contribution in [0.25, 0.3) is 0 Å². The second kappa shape index (κ2) is 10.2. The molecule has 160 valence electrons. The number of primary amides is 1. The van der Waals surface area contributed by atoms with E-state index in [9.17, 15) is 4.79 Å². The fraction of sp³-hybridized carbons (Fsp3) is 0.280. The van der Waals surface area contributed by atoms with Crippen LogP contribution < -0.4 is 10.5 Å². The van der Waals surface area contributed by atoms with Gasteiger partial charge in [0.1, 0.15) is 18.4 Å². The summed E-state index contributed by atoms with van der Waals surface area (Å²) in [6, 6.07) is 23.7. The third-order valence-electron chi connectivity index (χ3n) is 5.60. The number of para-hydroxylation sites is 1. The summed E-state index contributed by atoms with van der Waals surface area (Å²) in [4.78, 5) is 21.0. The minimum absolute atomic E-state index is 0.287. The molecule has 31 heavy (non-hydrogen) atoms. The highest BCUT2D eigenvalue weighted by Crippen LogP contribution is 2.23. The van der Waals surface area contributed by atoms with E-state index in [-0.39, 0.29) is 11.9 Å². The summed E-state index contributed by atoms with van der Waals surface area (Å²) in [7, 11) is 0. The van der Waals surface area contributed by atoms with Gasteiger partial charge < -0.3 is 10.5 Å². The predicted molar refractivity (Wildman–Crippen MR) is 120 cm³/mol. The number of amides is 1. The van der Waals surface area contributed by atoms with Crippen molar-refractivity contribution in [2.75, 3.05) is 19.6 Å². The molecule has 4 rings (SSSR count). The van der Waals surface area contributed by atoms with Gasteiger partial charge in [0, 0.05) is 44.5 Å². The Bertz CT molecular complexity index is 981. The van der Waals surface area contributed by atoms with Crippen molar-refractivity contribution in [2.24, 2.45) is 5.73 Å². The third-order valence-corrected chi connectivity index (χ3v) is 5.60. The summed E-state index contributed by atoms with van der Waals surface area (Å²) in [5.41, 5.74) is 8.96. The van der Waals surface area contributed by atoms with Crippen LogP contribution in [-0.4, -0.2) is 46.4 Å². The molecule has 1 aromatic heterocycles. The van der Waals surface area contributed by atoms with E-state index in [1.807, 2.05) is 60.7 Å². The lowest BCUT2D eigenvalue weighted by molar-refractivity contribution is -0.126. The molecule has 6 heteroatoms. The average molecular weight is 417 g/mol. The van der Waals surface area contributed by atoms with Crippen LogP contribution >= 0.6 is 0 Å². The van der Waals surface area contributed by atoms with E-state index in [2.05, 4.69) is 26.9 Å². The van der Waals surface area contributed by atoms with E-state index in [1.165, 1.54) is 5.56 Å². The molecule has 6 nitrogen and oxygen atoms in total. The third kappa shape index (κ3) is 5.69. The van der Waals surface area contributed by atoms with Crippen LogP contribution in [0.15, 0.2) is 79.0 Å². The van der Waals surface area contributed by atoms with Crippen LogP contribution in [0.3, 0.4) is 0 Å². The van der Waals surface area contributed by atoms with Gasteiger partial charge in [-0.1, -0.05) is 54.6 Å². The minimum atomic E-state index is -0.332. The number of aromatic nitrogens is 1. The van der Waals surface area contributed by atoms with Gasteiger partial charge in [-0.25, -0.2) is 0 Å². The van der Waals surface area contributed by atoms with Crippen LogP contribution in [0, 0.1) is 0 Å². The summed E-state index contributed by atoms with van der Waals surface area (Å²) in [5.74, 6) is 0.521. The first-order chi connectivity index (χ1) is 15.2. The van der Waals surface area contributed by atoms with Crippen LogP contribution in [0.2, 0.25) is 0 Å². The summed E-state index contributed by atoms with van der Waals surface area (Å²) in [6.07, 6.45) is 1.76. The number of nitrogens with two attached hydrogens (primary N) is 1. The van der Waals surface area contributed by atoms with E-state index in [0.717, 1.165) is 36.6 Å². The molecule has 3 aromatic rings. The molecule has 1 unspecified atom stereocenters. The zero-order chi connectivity index (χ0) is 21.5. The smallest absolute Gasteiger partial charge is 0.236 e. The zero-order valence-electron chi connectivity index (χ0n) is 17.6. The van der Waals surface area contributed by atoms with Crippen molar-refractivity contribution >= 4 is 5.91 Å². The molecule has 0 radical (unpaired) electrons. The minimum Gasteiger partial charge on any atom is -0.487 e. The van der Waals surface area contributed by atoms with E-state index >= 15 is 0 Å². The van der Waals surface area contributed by atoms with E-state index in [4.69, 9.17) is 10.5 Å². The number of piperazine rings is 1. The van der Waals surface area contributed by atoms with Crippen molar-refractivity contribution in [1.29, 1.82) is 0 Å². The number of carbonyl (C=O) groups excluding carboxylic acids is 1. The maximum Gasteiger partial charge on any atom is 0.236 e. The standard InChI is InChI=1S/C25H28N4O2/c26-25(30)23-18-28(16-20-8-2-1-3-9-20)14-15-29(23)17-21-10-4-5-12-24(21)31-19-22-11-6-7-13-27-22/h1-13,23H,14-19H2,(H2,26,30). The van der Waals surface area contributed by atoms with Gasteiger partial charge in [0.15, 0.2) is 0 Å². The van der Waals surface area contributed by atoms with Crippen LogP contribution in [0.1, 0.15) is 16.8 Å². The van der Waals surface area contributed by atoms with Crippen molar-refractivity contribution in [3.63, 3.8) is 0 Å². The lowest BCUT2D eigenvalue weighted by atomic mass is 10.1. The molecule has 0 saturated carbocycles. The van der Waals surface area contributed by atoms with Crippen molar-refractivity contribution < 1.29 is 9.53 Å². The Labute approximate surface area is 183 Å². The molecular formula is C25H28N4O2. The molecule has 2 N–H and O–H groups in total. The van der Waals surface area contributed by atoms with E-state index in [1.54, 1.807) is 6.20 Å². The first-order valence-corrected chi connectivity index (χ1v) is 10.6. The molecule has 2 aromatic carbocycles. The summed E-state index contributed by atoms with van der Waals surface area (Å²) in [5, 5.41) is 0. The molecule has 2 heterocycles. The molecule has 0 spiro atoms. The van der Waals surface area contributed by atoms with Crippen molar-refractivity contribution in [3.8, 4) is 5.75 Å². The number of hydrogen-bond acceptors (Lipinski definition) is 5. The normalized spacial score (nSPS) is 17.4. The van der Waals surface area contributed by atoms with Crippen molar-refractivity contribution in [2.45, 2.75) is 25.7 Å². The Morgan fingerprint density at radius 3 is 2.52 bits per heavy atom. The van der Waals surface area contributed by atoms with Gasteiger partial charge in [0.2, 0.25) is 5.91 Å². The molecule has 1 atom stereocenters. The maximum absolute atomic E-state index is 12.3. The molecule has 1 aliphatic heterocycles. The number of pyridine rings is 1. The fourth-order valence-electron chi connectivity index (χ4n) is 3.95. The summed E-state index contributed by atoms with van der Waals surface area (Å²) >= 11 is 0. The number of carbonyl (C=O) groups is 1. The van der Waals surface area contributed by atoms with Gasteiger partial charge in [0.25, 0.3) is 0 Å². The van der Waals surface area contributed by atoms with Crippen molar-refractivity contribution in [3.05, 3.63) is 95.8 Å². The molecule has 1 fully saturated rings. The predicted octanol–water partition coefficient (Wildman–Crippen LogP) is 2.83. The molecule has 1 aliphatic rings. The van der Waals surface area contributed by atoms with E-state index < -0.39 is 0 Å². The Balaban J connectivity index is 1.42. The van der Waals surface area contributed by atoms with Crippen LogP contribution in [-0.2, 0) is 24.5 Å². The van der Waals surface area contributed by atoms with Gasteiger partial charge in [0.05, 0.1) is 5.69 Å². The van der Waals surface area contributed by atoms with Gasteiger partial charge in [-0.3, -0.25) is 19.6 Å². The Hall–Kier alpha value is -3.22. The lowest BCUT2D eigenvalue weighted by Crippen LogP contribution is -2.57. The Morgan fingerprint density at radius 1 is 0.968 bits per heavy atom. The van der Waals surface area contributed by atoms with Crippen LogP contribution in [0.5, 0.6) is 5.75 Å². The zero-order valence-corrected chi connectivity index (χ0v) is 17.6. The fourth-order valence-corrected chi connectivity index (χ4v) is 3.95. The highest BCUT2D eigenvalue weighted by atomic mass is 16.5. The second-order valence-corrected chi connectivity index (χ2v) is 7.83. The van der Waals surface area contributed by atoms with Gasteiger partial charge >= 0.3 is 0 Å². The molecule has 1 saturated heterocycles. The summed E-state index contributed by atoms with van der Waals surface area (Å²) < 4.78 is 6.04. The highest BCUT2D eigenvalue weighted by molar-refractivity contribution is 5.80. The molecule has 0 aliphatic carbocycles. The number of benzene rings is 2. The SMILES string of the molecule is NC(=O)C1CN(Cc2ccccc2)CCN1Cc1ccccc1OCc1ccccn1. The van der Waals surface area contributed by atoms with Gasteiger partial charge in [-0.2, -0.15) is 0 Å². The Morgan fingerprint density at radius 2 is 1.74 bits per heavy atom. The van der Waals surface area contributed by atoms with Crippen LogP contribution in [0.4, 0.5) is 0 Å².